The quantitative estimate of drug-likeness (QED) is 0.893. The first-order valence-corrected chi connectivity index (χ1v) is 6.58. The van der Waals surface area contributed by atoms with Gasteiger partial charge in [0.25, 0.3) is 0 Å². The van der Waals surface area contributed by atoms with Crippen molar-refractivity contribution in [2.24, 2.45) is 5.73 Å². The highest BCUT2D eigenvalue weighted by Gasteiger charge is 2.27. The maximum absolute atomic E-state index is 11.2. The summed E-state index contributed by atoms with van der Waals surface area (Å²) in [5, 5.41) is 9.89. The smallest absolute Gasteiger partial charge is 0.407 e. The predicted octanol–water partition coefficient (Wildman–Crippen LogP) is 2.99. The number of nitrogens with two attached hydrogens (primary N) is 1. The minimum Gasteiger partial charge on any atom is -0.465 e. The van der Waals surface area contributed by atoms with Gasteiger partial charge in [-0.15, -0.1) is 0 Å². The van der Waals surface area contributed by atoms with E-state index in [1.54, 1.807) is 0 Å². The van der Waals surface area contributed by atoms with Gasteiger partial charge in [0.1, 0.15) is 0 Å². The molecule has 0 aliphatic carbocycles. The number of hydrogen-bond donors (Lipinski definition) is 2. The molecule has 0 aromatic heterocycles. The van der Waals surface area contributed by atoms with Gasteiger partial charge < -0.3 is 15.7 Å². The lowest BCUT2D eigenvalue weighted by Gasteiger charge is -2.35. The summed E-state index contributed by atoms with van der Waals surface area (Å²) in [5.74, 6) is 0. The summed E-state index contributed by atoms with van der Waals surface area (Å²) in [7, 11) is 0. The van der Waals surface area contributed by atoms with Crippen LogP contribution in [0.2, 0.25) is 5.02 Å². The van der Waals surface area contributed by atoms with Crippen LogP contribution in [-0.4, -0.2) is 34.2 Å². The van der Waals surface area contributed by atoms with E-state index < -0.39 is 11.6 Å². The molecule has 0 fully saturated rings. The van der Waals surface area contributed by atoms with E-state index in [-0.39, 0.29) is 6.04 Å². The maximum Gasteiger partial charge on any atom is 0.407 e. The average molecular weight is 285 g/mol. The van der Waals surface area contributed by atoms with Gasteiger partial charge in [-0.3, -0.25) is 0 Å². The zero-order valence-corrected chi connectivity index (χ0v) is 12.3. The van der Waals surface area contributed by atoms with Crippen molar-refractivity contribution in [2.75, 3.05) is 6.54 Å². The van der Waals surface area contributed by atoms with Crippen LogP contribution in [0.15, 0.2) is 24.3 Å². The second kappa shape index (κ2) is 6.26. The van der Waals surface area contributed by atoms with Crippen molar-refractivity contribution in [1.29, 1.82) is 0 Å². The number of amides is 1. The zero-order valence-electron chi connectivity index (χ0n) is 11.6. The lowest BCUT2D eigenvalue weighted by atomic mass is 10.0. The molecule has 0 saturated heterocycles. The molecule has 1 rings (SSSR count). The maximum atomic E-state index is 11.2. The number of hydrogen-bond acceptors (Lipinski definition) is 2. The molecule has 1 atom stereocenters. The SMILES string of the molecule is CC(C)(C)N(C[C@H](N)Cc1ccc(Cl)cc1)C(=O)O. The van der Waals surface area contributed by atoms with Crippen LogP contribution < -0.4 is 5.73 Å². The molecule has 19 heavy (non-hydrogen) atoms. The van der Waals surface area contributed by atoms with Crippen LogP contribution in [0.4, 0.5) is 4.79 Å². The number of rotatable bonds is 4. The largest absolute Gasteiger partial charge is 0.465 e. The number of carbonyl (C=O) groups is 1. The van der Waals surface area contributed by atoms with Crippen LogP contribution >= 0.6 is 11.6 Å². The first-order chi connectivity index (χ1) is 8.70. The van der Waals surface area contributed by atoms with Gasteiger partial charge in [0.05, 0.1) is 0 Å². The molecule has 106 valence electrons. The van der Waals surface area contributed by atoms with Gasteiger partial charge in [0.2, 0.25) is 0 Å². The van der Waals surface area contributed by atoms with E-state index in [0.29, 0.717) is 18.0 Å². The summed E-state index contributed by atoms with van der Waals surface area (Å²) in [6.45, 7) is 5.88. The highest BCUT2D eigenvalue weighted by Crippen LogP contribution is 2.15. The summed E-state index contributed by atoms with van der Waals surface area (Å²) in [6, 6.07) is 7.19. The number of carboxylic acid groups (broad SMARTS) is 1. The van der Waals surface area contributed by atoms with Crippen LogP contribution in [0, 0.1) is 0 Å². The van der Waals surface area contributed by atoms with Crippen molar-refractivity contribution < 1.29 is 9.90 Å². The average Bonchev–Trinajstić information content (AvgIpc) is 2.27. The van der Waals surface area contributed by atoms with Crippen molar-refractivity contribution in [3.63, 3.8) is 0 Å². The van der Waals surface area contributed by atoms with Gasteiger partial charge in [0, 0.05) is 23.1 Å². The van der Waals surface area contributed by atoms with E-state index in [1.165, 1.54) is 4.90 Å². The van der Waals surface area contributed by atoms with E-state index in [4.69, 9.17) is 17.3 Å². The van der Waals surface area contributed by atoms with E-state index in [2.05, 4.69) is 0 Å². The van der Waals surface area contributed by atoms with Crippen LogP contribution in [0.3, 0.4) is 0 Å². The Morgan fingerprint density at radius 1 is 1.37 bits per heavy atom. The summed E-state index contributed by atoms with van der Waals surface area (Å²) >= 11 is 5.82. The summed E-state index contributed by atoms with van der Waals surface area (Å²) < 4.78 is 0. The Kier molecular flexibility index (Phi) is 5.20. The summed E-state index contributed by atoms with van der Waals surface area (Å²) in [5.41, 5.74) is 6.64. The molecule has 1 amide bonds. The normalized spacial score (nSPS) is 13.1. The second-order valence-electron chi connectivity index (χ2n) is 5.65. The molecule has 3 N–H and O–H groups in total. The molecule has 1 aromatic rings. The predicted molar refractivity (Wildman–Crippen MR) is 77.6 cm³/mol. The van der Waals surface area contributed by atoms with E-state index >= 15 is 0 Å². The lowest BCUT2D eigenvalue weighted by Crippen LogP contribution is -2.50. The molecule has 1 aromatic carbocycles. The van der Waals surface area contributed by atoms with Crippen molar-refractivity contribution >= 4 is 17.7 Å². The standard InChI is InChI=1S/C14H21ClN2O2/c1-14(2,3)17(13(18)19)9-12(16)8-10-4-6-11(15)7-5-10/h4-7,12H,8-9,16H2,1-3H3,(H,18,19)/t12-/m1/s1. The van der Waals surface area contributed by atoms with Gasteiger partial charge >= 0.3 is 6.09 Å². The Balaban J connectivity index is 2.65. The number of benzene rings is 1. The summed E-state index contributed by atoms with van der Waals surface area (Å²) in [6.07, 6.45) is -0.323. The Labute approximate surface area is 119 Å². The molecule has 5 heteroatoms. The molecule has 0 spiro atoms. The highest BCUT2D eigenvalue weighted by molar-refractivity contribution is 6.30. The third kappa shape index (κ3) is 5.09. The Morgan fingerprint density at radius 3 is 2.32 bits per heavy atom. The Bertz CT molecular complexity index is 426. The first-order valence-electron chi connectivity index (χ1n) is 6.20. The van der Waals surface area contributed by atoms with Crippen molar-refractivity contribution in [2.45, 2.75) is 38.8 Å². The van der Waals surface area contributed by atoms with E-state index in [0.717, 1.165) is 5.56 Å². The molecule has 4 nitrogen and oxygen atoms in total. The first kappa shape index (κ1) is 15.8. The van der Waals surface area contributed by atoms with E-state index in [9.17, 15) is 9.90 Å². The molecular weight excluding hydrogens is 264 g/mol. The third-order valence-electron chi connectivity index (χ3n) is 2.87. The topological polar surface area (TPSA) is 66.6 Å². The Morgan fingerprint density at radius 2 is 1.89 bits per heavy atom. The van der Waals surface area contributed by atoms with Crippen LogP contribution in [0.1, 0.15) is 26.3 Å². The molecule has 0 radical (unpaired) electrons. The molecule has 0 bridgehead atoms. The van der Waals surface area contributed by atoms with Crippen molar-refractivity contribution in [3.8, 4) is 0 Å². The third-order valence-corrected chi connectivity index (χ3v) is 3.12. The van der Waals surface area contributed by atoms with Gasteiger partial charge in [-0.25, -0.2) is 4.79 Å². The number of halogens is 1. The fraction of sp³-hybridized carbons (Fsp3) is 0.500. The fourth-order valence-electron chi connectivity index (χ4n) is 1.86. The van der Waals surface area contributed by atoms with Gasteiger partial charge in [0.15, 0.2) is 0 Å². The minimum atomic E-state index is -0.945. The van der Waals surface area contributed by atoms with Crippen molar-refractivity contribution in [3.05, 3.63) is 34.9 Å². The highest BCUT2D eigenvalue weighted by atomic mass is 35.5. The van der Waals surface area contributed by atoms with Crippen LogP contribution in [0.25, 0.3) is 0 Å². The molecule has 0 heterocycles. The minimum absolute atomic E-state index is 0.239. The second-order valence-corrected chi connectivity index (χ2v) is 6.09. The van der Waals surface area contributed by atoms with Gasteiger partial charge in [-0.1, -0.05) is 23.7 Å². The Hall–Kier alpha value is -1.26. The fourth-order valence-corrected chi connectivity index (χ4v) is 1.99. The molecular formula is C14H21ClN2O2. The van der Waals surface area contributed by atoms with Crippen LogP contribution in [0.5, 0.6) is 0 Å². The monoisotopic (exact) mass is 284 g/mol. The lowest BCUT2D eigenvalue weighted by molar-refractivity contribution is 0.0960. The molecule has 0 unspecified atom stereocenters. The van der Waals surface area contributed by atoms with E-state index in [1.807, 2.05) is 45.0 Å². The van der Waals surface area contributed by atoms with Gasteiger partial charge in [-0.05, 0) is 44.9 Å². The molecule has 0 saturated carbocycles. The van der Waals surface area contributed by atoms with Crippen LogP contribution in [-0.2, 0) is 6.42 Å². The number of nitrogens with zero attached hydrogens (tertiary/aromatic N) is 1. The molecule has 0 aliphatic rings. The zero-order chi connectivity index (χ0) is 14.6. The van der Waals surface area contributed by atoms with Gasteiger partial charge in [-0.2, -0.15) is 0 Å². The molecule has 0 aliphatic heterocycles. The summed E-state index contributed by atoms with van der Waals surface area (Å²) in [4.78, 5) is 12.6. The van der Waals surface area contributed by atoms with Crippen molar-refractivity contribution in [1.82, 2.24) is 4.90 Å².